The van der Waals surface area contributed by atoms with Crippen molar-refractivity contribution in [2.45, 2.75) is 52.0 Å². The van der Waals surface area contributed by atoms with Gasteiger partial charge in [-0.25, -0.2) is 4.39 Å². The molecule has 0 amide bonds. The van der Waals surface area contributed by atoms with Crippen LogP contribution in [0.2, 0.25) is 0 Å². The Morgan fingerprint density at radius 2 is 1.65 bits per heavy atom. The molecule has 1 N–H and O–H groups in total. The average molecular weight is 462 g/mol. The lowest BCUT2D eigenvalue weighted by Crippen LogP contribution is -2.42. The summed E-state index contributed by atoms with van der Waals surface area (Å²) >= 11 is 0. The molecule has 0 spiro atoms. The Morgan fingerprint density at radius 1 is 0.971 bits per heavy atom. The zero-order valence-electron chi connectivity index (χ0n) is 20.3. The number of nitrogens with zero attached hydrogens (tertiary/aromatic N) is 3. The first-order valence-corrected chi connectivity index (χ1v) is 11.9. The molecule has 178 valence electrons. The van der Waals surface area contributed by atoms with Crippen LogP contribution in [0.1, 0.15) is 46.0 Å². The third-order valence-corrected chi connectivity index (χ3v) is 7.96. The first kappa shape index (κ1) is 22.6. The molecule has 0 radical (unpaired) electrons. The fourth-order valence-electron chi connectivity index (χ4n) is 6.25. The van der Waals surface area contributed by atoms with Crippen molar-refractivity contribution in [1.29, 1.82) is 0 Å². The summed E-state index contributed by atoms with van der Waals surface area (Å²) in [5.74, 6) is 0.704. The van der Waals surface area contributed by atoms with Gasteiger partial charge in [-0.3, -0.25) is 0 Å². The zero-order chi connectivity index (χ0) is 24.1. The van der Waals surface area contributed by atoms with Gasteiger partial charge in [-0.2, -0.15) is 0 Å². The number of hydrogen-bond donors (Lipinski definition) is 1. The van der Waals surface area contributed by atoms with Crippen molar-refractivity contribution in [2.75, 3.05) is 19.1 Å². The maximum absolute atomic E-state index is 13.7. The van der Waals surface area contributed by atoms with E-state index in [-0.39, 0.29) is 11.5 Å². The summed E-state index contributed by atoms with van der Waals surface area (Å²) in [7, 11) is 3.55. The van der Waals surface area contributed by atoms with Gasteiger partial charge in [-0.05, 0) is 90.5 Å². The van der Waals surface area contributed by atoms with Crippen molar-refractivity contribution in [1.82, 2.24) is 10.2 Å². The van der Waals surface area contributed by atoms with Gasteiger partial charge < -0.3 is 14.7 Å². The molecule has 1 aromatic heterocycles. The lowest BCUT2D eigenvalue weighted by atomic mass is 9.68. The van der Waals surface area contributed by atoms with E-state index < -0.39 is 5.82 Å². The second-order valence-electron chi connectivity index (χ2n) is 10.8. The van der Waals surface area contributed by atoms with Crippen LogP contribution < -0.4 is 9.64 Å². The Labute approximate surface area is 200 Å². The standard InChI is InChI=1S/C28H32FN3O2/c1-27-11-12-28(2,17-27)16-20(15-27)32(3)26-10-9-23(30-31-26)21-7-5-18(13-24(21)33)19-6-8-22(29)25(14-19)34-4/h5-10,13-14,20,33H,11-12,15-17H2,1-4H3/t20-,27-,28+. The molecule has 5 rings (SSSR count). The number of halogens is 1. The fraction of sp³-hybridized carbons (Fsp3) is 0.429. The molecule has 2 fully saturated rings. The lowest BCUT2D eigenvalue weighted by Gasteiger charge is -2.44. The molecule has 3 aromatic rings. The minimum Gasteiger partial charge on any atom is -0.507 e. The van der Waals surface area contributed by atoms with Crippen LogP contribution in [-0.4, -0.2) is 35.5 Å². The highest BCUT2D eigenvalue weighted by Gasteiger charge is 2.50. The summed E-state index contributed by atoms with van der Waals surface area (Å²) in [5, 5.41) is 19.6. The minimum atomic E-state index is -0.420. The summed E-state index contributed by atoms with van der Waals surface area (Å²) < 4.78 is 18.8. The Hall–Kier alpha value is -3.15. The number of rotatable bonds is 5. The molecule has 3 atom stereocenters. The van der Waals surface area contributed by atoms with Crippen LogP contribution in [0.25, 0.3) is 22.4 Å². The molecule has 1 heterocycles. The molecule has 6 heteroatoms. The van der Waals surface area contributed by atoms with Crippen LogP contribution in [0.4, 0.5) is 10.2 Å². The second-order valence-corrected chi connectivity index (χ2v) is 10.8. The van der Waals surface area contributed by atoms with Crippen molar-refractivity contribution in [3.63, 3.8) is 0 Å². The number of anilines is 1. The number of aromatic nitrogens is 2. The Kier molecular flexibility index (Phi) is 5.50. The maximum atomic E-state index is 13.7. The highest BCUT2D eigenvalue weighted by Crippen LogP contribution is 2.58. The third-order valence-electron chi connectivity index (χ3n) is 7.96. The van der Waals surface area contributed by atoms with Crippen LogP contribution in [0.15, 0.2) is 48.5 Å². The van der Waals surface area contributed by atoms with Crippen molar-refractivity contribution in [3.05, 3.63) is 54.3 Å². The van der Waals surface area contributed by atoms with E-state index in [9.17, 15) is 9.50 Å². The Bertz CT molecular complexity index is 1200. The van der Waals surface area contributed by atoms with Crippen molar-refractivity contribution in [3.8, 4) is 33.9 Å². The van der Waals surface area contributed by atoms with Crippen LogP contribution in [0, 0.1) is 16.6 Å². The van der Waals surface area contributed by atoms with E-state index in [1.165, 1.54) is 45.3 Å². The molecule has 2 aliphatic rings. The Morgan fingerprint density at radius 3 is 2.26 bits per heavy atom. The van der Waals surface area contributed by atoms with E-state index in [1.807, 2.05) is 24.3 Å². The van der Waals surface area contributed by atoms with Crippen LogP contribution in [0.5, 0.6) is 11.5 Å². The molecule has 2 bridgehead atoms. The predicted molar refractivity (Wildman–Crippen MR) is 133 cm³/mol. The molecule has 2 saturated carbocycles. The molecule has 2 aromatic carbocycles. The molecule has 0 saturated heterocycles. The van der Waals surface area contributed by atoms with E-state index in [4.69, 9.17) is 4.74 Å². The Balaban J connectivity index is 1.35. The fourth-order valence-corrected chi connectivity index (χ4v) is 6.25. The number of benzene rings is 2. The number of fused-ring (bicyclic) bond motifs is 2. The van der Waals surface area contributed by atoms with Gasteiger partial charge in [0.25, 0.3) is 0 Å². The van der Waals surface area contributed by atoms with E-state index in [1.54, 1.807) is 18.2 Å². The van der Waals surface area contributed by atoms with Crippen LogP contribution in [-0.2, 0) is 0 Å². The molecule has 0 unspecified atom stereocenters. The highest BCUT2D eigenvalue weighted by molar-refractivity contribution is 5.75. The van der Waals surface area contributed by atoms with Gasteiger partial charge in [0.2, 0.25) is 0 Å². The molecule has 2 aliphatic carbocycles. The normalized spacial score (nSPS) is 25.9. The largest absolute Gasteiger partial charge is 0.507 e. The molecule has 34 heavy (non-hydrogen) atoms. The van der Waals surface area contributed by atoms with Gasteiger partial charge in [-0.1, -0.05) is 26.0 Å². The van der Waals surface area contributed by atoms with E-state index >= 15 is 0 Å². The third kappa shape index (κ3) is 4.10. The molecular formula is C28H32FN3O2. The summed E-state index contributed by atoms with van der Waals surface area (Å²) in [6, 6.07) is 14.4. The van der Waals surface area contributed by atoms with E-state index in [2.05, 4.69) is 36.0 Å². The topological polar surface area (TPSA) is 58.5 Å². The van der Waals surface area contributed by atoms with Gasteiger partial charge >= 0.3 is 0 Å². The quantitative estimate of drug-likeness (QED) is 0.473. The molecular weight excluding hydrogens is 429 g/mol. The number of methoxy groups -OCH3 is 1. The maximum Gasteiger partial charge on any atom is 0.165 e. The molecule has 5 nitrogen and oxygen atoms in total. The summed E-state index contributed by atoms with van der Waals surface area (Å²) in [4.78, 5) is 2.28. The zero-order valence-corrected chi connectivity index (χ0v) is 20.3. The minimum absolute atomic E-state index is 0.0981. The van der Waals surface area contributed by atoms with Gasteiger partial charge in [-0.15, -0.1) is 10.2 Å². The number of phenolic OH excluding ortho intramolecular Hbond substituents is 1. The summed E-state index contributed by atoms with van der Waals surface area (Å²) in [6.45, 7) is 4.86. The number of phenols is 1. The van der Waals surface area contributed by atoms with Gasteiger partial charge in [0.05, 0.1) is 12.8 Å². The van der Waals surface area contributed by atoms with Gasteiger partial charge in [0.1, 0.15) is 5.75 Å². The SMILES string of the molecule is COc1cc(-c2ccc(-c3ccc(N(C)[C@H]4C[C@]5(C)CC[C@](C)(C4)C5)nn3)c(O)c2)ccc1F. The molecule has 0 aliphatic heterocycles. The summed E-state index contributed by atoms with van der Waals surface area (Å²) in [6.07, 6.45) is 6.35. The summed E-state index contributed by atoms with van der Waals surface area (Å²) in [5.41, 5.74) is 3.60. The van der Waals surface area contributed by atoms with Crippen molar-refractivity contribution < 1.29 is 14.2 Å². The number of ether oxygens (including phenoxy) is 1. The monoisotopic (exact) mass is 461 g/mol. The average Bonchev–Trinajstić information content (AvgIpc) is 3.05. The first-order chi connectivity index (χ1) is 16.2. The van der Waals surface area contributed by atoms with E-state index in [0.717, 1.165) is 16.9 Å². The van der Waals surface area contributed by atoms with Crippen molar-refractivity contribution >= 4 is 5.82 Å². The number of aromatic hydroxyl groups is 1. The lowest BCUT2D eigenvalue weighted by molar-refractivity contribution is 0.148. The predicted octanol–water partition coefficient (Wildman–Crippen LogP) is 6.46. The highest BCUT2D eigenvalue weighted by atomic mass is 19.1. The van der Waals surface area contributed by atoms with Crippen LogP contribution in [0.3, 0.4) is 0 Å². The smallest absolute Gasteiger partial charge is 0.165 e. The van der Waals surface area contributed by atoms with Gasteiger partial charge in [0, 0.05) is 18.7 Å². The van der Waals surface area contributed by atoms with Gasteiger partial charge in [0.15, 0.2) is 17.4 Å². The van der Waals surface area contributed by atoms with Crippen molar-refractivity contribution in [2.24, 2.45) is 10.8 Å². The van der Waals surface area contributed by atoms with Crippen LogP contribution >= 0.6 is 0 Å². The van der Waals surface area contributed by atoms with E-state index in [0.29, 0.717) is 28.1 Å². The number of hydrogen-bond acceptors (Lipinski definition) is 5. The first-order valence-electron chi connectivity index (χ1n) is 11.9. The second kappa shape index (κ2) is 8.26.